The number of nitrogens with one attached hydrogen (secondary N) is 1. The Hall–Kier alpha value is -2.14. The fraction of sp³-hybridized carbons (Fsp3) is 0.143. The van der Waals surface area contributed by atoms with Crippen LogP contribution in [0, 0.1) is 0 Å². The van der Waals surface area contributed by atoms with Gasteiger partial charge in [-0.05, 0) is 34.5 Å². The first-order chi connectivity index (χ1) is 9.34. The number of benzene rings is 1. The number of anilines is 1. The first-order valence-corrected chi connectivity index (χ1v) is 6.97. The van der Waals surface area contributed by atoms with Gasteiger partial charge in [0.05, 0.1) is 0 Å². The molecule has 0 fully saturated rings. The van der Waals surface area contributed by atoms with Crippen LogP contribution < -0.4 is 5.32 Å². The smallest absolute Gasteiger partial charge is 0.165 e. The van der Waals surface area contributed by atoms with E-state index in [4.69, 9.17) is 0 Å². The second-order valence-electron chi connectivity index (χ2n) is 4.30. The molecule has 19 heavy (non-hydrogen) atoms. The van der Waals surface area contributed by atoms with Crippen molar-refractivity contribution in [1.29, 1.82) is 0 Å². The summed E-state index contributed by atoms with van der Waals surface area (Å²) in [6.07, 6.45) is 1.71. The van der Waals surface area contributed by atoms with Crippen LogP contribution in [0.15, 0.2) is 47.4 Å². The number of thiophene rings is 1. The van der Waals surface area contributed by atoms with Crippen molar-refractivity contribution in [2.45, 2.75) is 6.54 Å². The Morgan fingerprint density at radius 2 is 2.16 bits per heavy atom. The molecule has 0 aliphatic rings. The summed E-state index contributed by atoms with van der Waals surface area (Å²) < 4.78 is 1.92. The Labute approximate surface area is 115 Å². The first kappa shape index (κ1) is 11.9. The average molecular weight is 270 g/mol. The Bertz CT molecular complexity index is 658. The molecular formula is C14H14N4S. The van der Waals surface area contributed by atoms with Crippen LogP contribution in [0.1, 0.15) is 5.56 Å². The summed E-state index contributed by atoms with van der Waals surface area (Å²) in [6.45, 7) is 0.818. The molecule has 1 N–H and O–H groups in total. The number of aromatic nitrogens is 3. The monoisotopic (exact) mass is 270 g/mol. The summed E-state index contributed by atoms with van der Waals surface area (Å²) in [6, 6.07) is 10.3. The van der Waals surface area contributed by atoms with Crippen molar-refractivity contribution in [1.82, 2.24) is 14.8 Å². The predicted octanol–water partition coefficient (Wildman–Crippen LogP) is 3.16. The SMILES string of the molecule is Cn1cnnc1-c1ccccc1NCc1ccsc1. The highest BCUT2D eigenvalue weighted by Gasteiger charge is 2.09. The van der Waals surface area contributed by atoms with Gasteiger partial charge in [0.25, 0.3) is 0 Å². The van der Waals surface area contributed by atoms with E-state index in [1.54, 1.807) is 17.7 Å². The summed E-state index contributed by atoms with van der Waals surface area (Å²) in [5.74, 6) is 0.869. The molecule has 0 atom stereocenters. The van der Waals surface area contributed by atoms with Crippen LogP contribution >= 0.6 is 11.3 Å². The molecule has 0 bridgehead atoms. The maximum Gasteiger partial charge on any atom is 0.165 e. The number of aryl methyl sites for hydroxylation is 1. The van der Waals surface area contributed by atoms with Crippen molar-refractivity contribution in [3.63, 3.8) is 0 Å². The lowest BCUT2D eigenvalue weighted by molar-refractivity contribution is 0.919. The van der Waals surface area contributed by atoms with E-state index >= 15 is 0 Å². The Morgan fingerprint density at radius 1 is 1.26 bits per heavy atom. The number of rotatable bonds is 4. The predicted molar refractivity (Wildman–Crippen MR) is 78.1 cm³/mol. The first-order valence-electron chi connectivity index (χ1n) is 6.03. The molecule has 0 saturated heterocycles. The second kappa shape index (κ2) is 5.24. The topological polar surface area (TPSA) is 42.7 Å². The third-order valence-corrected chi connectivity index (χ3v) is 3.67. The lowest BCUT2D eigenvalue weighted by Crippen LogP contribution is -2.01. The number of nitrogens with zero attached hydrogens (tertiary/aromatic N) is 3. The van der Waals surface area contributed by atoms with Gasteiger partial charge in [0, 0.05) is 24.8 Å². The van der Waals surface area contributed by atoms with Crippen molar-refractivity contribution in [2.75, 3.05) is 5.32 Å². The van der Waals surface area contributed by atoms with Gasteiger partial charge in [0.2, 0.25) is 0 Å². The number of para-hydroxylation sites is 1. The van der Waals surface area contributed by atoms with Gasteiger partial charge in [-0.3, -0.25) is 0 Å². The maximum absolute atomic E-state index is 4.17. The van der Waals surface area contributed by atoms with Gasteiger partial charge in [-0.15, -0.1) is 10.2 Å². The molecule has 96 valence electrons. The van der Waals surface area contributed by atoms with E-state index in [0.29, 0.717) is 0 Å². The van der Waals surface area contributed by atoms with Crippen LogP contribution in [0.3, 0.4) is 0 Å². The van der Waals surface area contributed by atoms with Crippen LogP contribution in [0.2, 0.25) is 0 Å². The van der Waals surface area contributed by atoms with Gasteiger partial charge >= 0.3 is 0 Å². The van der Waals surface area contributed by atoms with Gasteiger partial charge in [-0.2, -0.15) is 11.3 Å². The van der Waals surface area contributed by atoms with E-state index in [9.17, 15) is 0 Å². The van der Waals surface area contributed by atoms with Crippen molar-refractivity contribution in [3.8, 4) is 11.4 Å². The molecule has 2 heterocycles. The molecular weight excluding hydrogens is 256 g/mol. The minimum atomic E-state index is 0.818. The molecule has 0 unspecified atom stereocenters. The van der Waals surface area contributed by atoms with Crippen molar-refractivity contribution in [2.24, 2.45) is 7.05 Å². The average Bonchev–Trinajstić information content (AvgIpc) is 3.08. The quantitative estimate of drug-likeness (QED) is 0.792. The van der Waals surface area contributed by atoms with E-state index in [-0.39, 0.29) is 0 Å². The molecule has 0 aliphatic heterocycles. The highest BCUT2D eigenvalue weighted by Crippen LogP contribution is 2.26. The van der Waals surface area contributed by atoms with Crippen LogP contribution in [0.25, 0.3) is 11.4 Å². The highest BCUT2D eigenvalue weighted by molar-refractivity contribution is 7.07. The van der Waals surface area contributed by atoms with Crippen molar-refractivity contribution in [3.05, 3.63) is 53.0 Å². The van der Waals surface area contributed by atoms with E-state index in [1.165, 1.54) is 5.56 Å². The molecule has 3 aromatic rings. The third-order valence-electron chi connectivity index (χ3n) is 2.94. The van der Waals surface area contributed by atoms with Gasteiger partial charge in [-0.1, -0.05) is 12.1 Å². The molecule has 0 spiro atoms. The van der Waals surface area contributed by atoms with E-state index in [1.807, 2.05) is 23.7 Å². The third kappa shape index (κ3) is 2.51. The lowest BCUT2D eigenvalue weighted by atomic mass is 10.1. The van der Waals surface area contributed by atoms with E-state index in [0.717, 1.165) is 23.6 Å². The Kier molecular flexibility index (Phi) is 3.29. The standard InChI is InChI=1S/C14H14N4S/c1-18-10-16-17-14(18)12-4-2-3-5-13(12)15-8-11-6-7-19-9-11/h2-7,9-10,15H,8H2,1H3. The Morgan fingerprint density at radius 3 is 2.89 bits per heavy atom. The Balaban J connectivity index is 1.88. The second-order valence-corrected chi connectivity index (χ2v) is 5.08. The summed E-state index contributed by atoms with van der Waals surface area (Å²) >= 11 is 1.71. The maximum atomic E-state index is 4.17. The normalized spacial score (nSPS) is 10.6. The molecule has 0 saturated carbocycles. The molecule has 2 aromatic heterocycles. The fourth-order valence-corrected chi connectivity index (χ4v) is 2.62. The van der Waals surface area contributed by atoms with Crippen LogP contribution in [0.4, 0.5) is 5.69 Å². The highest BCUT2D eigenvalue weighted by atomic mass is 32.1. The van der Waals surface area contributed by atoms with Gasteiger partial charge in [0.15, 0.2) is 5.82 Å². The summed E-state index contributed by atoms with van der Waals surface area (Å²) in [4.78, 5) is 0. The molecule has 0 radical (unpaired) electrons. The van der Waals surface area contributed by atoms with Gasteiger partial charge in [0.1, 0.15) is 6.33 Å². The summed E-state index contributed by atoms with van der Waals surface area (Å²) in [7, 11) is 1.95. The van der Waals surface area contributed by atoms with Crippen molar-refractivity contribution >= 4 is 17.0 Å². The zero-order valence-corrected chi connectivity index (χ0v) is 11.4. The molecule has 0 amide bonds. The fourth-order valence-electron chi connectivity index (χ4n) is 1.95. The molecule has 0 aliphatic carbocycles. The molecule has 3 rings (SSSR count). The molecule has 1 aromatic carbocycles. The number of hydrogen-bond acceptors (Lipinski definition) is 4. The van der Waals surface area contributed by atoms with Gasteiger partial charge in [-0.25, -0.2) is 0 Å². The zero-order chi connectivity index (χ0) is 13.1. The molecule has 4 nitrogen and oxygen atoms in total. The minimum absolute atomic E-state index is 0.818. The largest absolute Gasteiger partial charge is 0.380 e. The van der Waals surface area contributed by atoms with E-state index in [2.05, 4.69) is 44.5 Å². The van der Waals surface area contributed by atoms with Crippen LogP contribution in [-0.4, -0.2) is 14.8 Å². The lowest BCUT2D eigenvalue weighted by Gasteiger charge is -2.10. The van der Waals surface area contributed by atoms with Crippen LogP contribution in [0.5, 0.6) is 0 Å². The zero-order valence-electron chi connectivity index (χ0n) is 10.6. The summed E-state index contributed by atoms with van der Waals surface area (Å²) in [5, 5.41) is 15.8. The van der Waals surface area contributed by atoms with Crippen molar-refractivity contribution < 1.29 is 0 Å². The van der Waals surface area contributed by atoms with Crippen LogP contribution in [-0.2, 0) is 13.6 Å². The van der Waals surface area contributed by atoms with E-state index < -0.39 is 0 Å². The number of hydrogen-bond donors (Lipinski definition) is 1. The summed E-state index contributed by atoms with van der Waals surface area (Å²) in [5.41, 5.74) is 3.43. The molecule has 5 heteroatoms. The minimum Gasteiger partial charge on any atom is -0.380 e. The van der Waals surface area contributed by atoms with Gasteiger partial charge < -0.3 is 9.88 Å².